The van der Waals surface area contributed by atoms with Crippen LogP contribution in [0.5, 0.6) is 0 Å². The Kier molecular flexibility index (Phi) is 4.86. The van der Waals surface area contributed by atoms with Crippen molar-refractivity contribution in [3.63, 3.8) is 0 Å². The smallest absolute Gasteiger partial charge is 0.233 e. The fraction of sp³-hybridized carbons (Fsp3) is 0.889. The van der Waals surface area contributed by atoms with Crippen LogP contribution in [-0.2, 0) is 9.53 Å². The van der Waals surface area contributed by atoms with Crippen LogP contribution in [0.2, 0.25) is 0 Å². The number of amides is 1. The van der Waals surface area contributed by atoms with Gasteiger partial charge in [0.2, 0.25) is 5.91 Å². The summed E-state index contributed by atoms with van der Waals surface area (Å²) in [5.74, 6) is 4.89. The number of rotatable bonds is 5. The number of hydrazine groups is 1. The molecule has 0 spiro atoms. The third kappa shape index (κ3) is 3.61. The average molecular weight is 201 g/mol. The predicted molar refractivity (Wildman–Crippen MR) is 53.4 cm³/mol. The SMILES string of the molecule is COC1CCN(CCCC(=O)NN)C1. The first-order valence-electron chi connectivity index (χ1n) is 5.01. The van der Waals surface area contributed by atoms with Gasteiger partial charge in [-0.3, -0.25) is 10.2 Å². The molecule has 0 radical (unpaired) electrons. The summed E-state index contributed by atoms with van der Waals surface area (Å²) in [5.41, 5.74) is 2.13. The van der Waals surface area contributed by atoms with Gasteiger partial charge in [0.25, 0.3) is 0 Å². The molecule has 5 nitrogen and oxygen atoms in total. The van der Waals surface area contributed by atoms with E-state index in [0.29, 0.717) is 12.5 Å². The highest BCUT2D eigenvalue weighted by atomic mass is 16.5. The molecule has 1 saturated heterocycles. The van der Waals surface area contributed by atoms with E-state index in [1.165, 1.54) is 0 Å². The maximum atomic E-state index is 10.8. The van der Waals surface area contributed by atoms with Crippen LogP contribution in [-0.4, -0.2) is 43.7 Å². The Balaban J connectivity index is 2.05. The van der Waals surface area contributed by atoms with E-state index < -0.39 is 0 Å². The Bertz CT molecular complexity index is 187. The number of nitrogens with two attached hydrogens (primary N) is 1. The molecular formula is C9H19N3O2. The number of nitrogens with one attached hydrogen (secondary N) is 1. The second-order valence-corrected chi connectivity index (χ2v) is 3.62. The lowest BCUT2D eigenvalue weighted by molar-refractivity contribution is -0.121. The van der Waals surface area contributed by atoms with Gasteiger partial charge in [-0.1, -0.05) is 0 Å². The van der Waals surface area contributed by atoms with E-state index in [9.17, 15) is 4.79 Å². The van der Waals surface area contributed by atoms with Crippen molar-refractivity contribution in [2.45, 2.75) is 25.4 Å². The highest BCUT2D eigenvalue weighted by Gasteiger charge is 2.21. The van der Waals surface area contributed by atoms with Crippen molar-refractivity contribution >= 4 is 5.91 Å². The van der Waals surface area contributed by atoms with Crippen molar-refractivity contribution in [2.75, 3.05) is 26.7 Å². The number of carbonyl (C=O) groups excluding carboxylic acids is 1. The van der Waals surface area contributed by atoms with E-state index >= 15 is 0 Å². The van der Waals surface area contributed by atoms with Crippen molar-refractivity contribution < 1.29 is 9.53 Å². The van der Waals surface area contributed by atoms with Crippen molar-refractivity contribution in [1.29, 1.82) is 0 Å². The zero-order valence-corrected chi connectivity index (χ0v) is 8.66. The molecule has 0 aromatic rings. The van der Waals surface area contributed by atoms with E-state index in [0.717, 1.165) is 32.5 Å². The normalized spacial score (nSPS) is 22.6. The van der Waals surface area contributed by atoms with Crippen molar-refractivity contribution in [3.05, 3.63) is 0 Å². The average Bonchev–Trinajstić information content (AvgIpc) is 2.65. The molecule has 0 aromatic carbocycles. The Morgan fingerprint density at radius 3 is 3.07 bits per heavy atom. The molecule has 3 N–H and O–H groups in total. The van der Waals surface area contributed by atoms with Crippen LogP contribution >= 0.6 is 0 Å². The van der Waals surface area contributed by atoms with Gasteiger partial charge >= 0.3 is 0 Å². The number of ether oxygens (including phenoxy) is 1. The van der Waals surface area contributed by atoms with Crippen LogP contribution < -0.4 is 11.3 Å². The van der Waals surface area contributed by atoms with Crippen molar-refractivity contribution in [2.24, 2.45) is 5.84 Å². The van der Waals surface area contributed by atoms with Crippen LogP contribution in [0.25, 0.3) is 0 Å². The lowest BCUT2D eigenvalue weighted by atomic mass is 10.3. The highest BCUT2D eigenvalue weighted by molar-refractivity contribution is 5.75. The molecule has 1 heterocycles. The monoisotopic (exact) mass is 201 g/mol. The topological polar surface area (TPSA) is 67.6 Å². The third-order valence-corrected chi connectivity index (χ3v) is 2.60. The first-order chi connectivity index (χ1) is 6.76. The lowest BCUT2D eigenvalue weighted by Gasteiger charge is -2.14. The Morgan fingerprint density at radius 1 is 1.71 bits per heavy atom. The van der Waals surface area contributed by atoms with Gasteiger partial charge in [-0.2, -0.15) is 0 Å². The summed E-state index contributed by atoms with van der Waals surface area (Å²) in [4.78, 5) is 13.1. The molecule has 82 valence electrons. The minimum Gasteiger partial charge on any atom is -0.380 e. The molecule has 0 aromatic heterocycles. The molecule has 1 rings (SSSR count). The molecule has 1 unspecified atom stereocenters. The summed E-state index contributed by atoms with van der Waals surface area (Å²) in [6.07, 6.45) is 2.84. The van der Waals surface area contributed by atoms with Crippen LogP contribution in [0.15, 0.2) is 0 Å². The number of carbonyl (C=O) groups is 1. The molecule has 1 fully saturated rings. The Morgan fingerprint density at radius 2 is 2.50 bits per heavy atom. The van der Waals surface area contributed by atoms with E-state index in [-0.39, 0.29) is 5.91 Å². The van der Waals surface area contributed by atoms with Gasteiger partial charge < -0.3 is 9.64 Å². The lowest BCUT2D eigenvalue weighted by Crippen LogP contribution is -2.31. The van der Waals surface area contributed by atoms with Gasteiger partial charge in [0.15, 0.2) is 0 Å². The predicted octanol–water partition coefficient (Wildman–Crippen LogP) is -0.523. The third-order valence-electron chi connectivity index (χ3n) is 2.60. The molecule has 5 heteroatoms. The Hall–Kier alpha value is -0.650. The summed E-state index contributed by atoms with van der Waals surface area (Å²) >= 11 is 0. The first-order valence-corrected chi connectivity index (χ1v) is 5.01. The van der Waals surface area contributed by atoms with Gasteiger partial charge in [-0.25, -0.2) is 5.84 Å². The molecule has 1 amide bonds. The molecule has 0 bridgehead atoms. The molecule has 1 atom stereocenters. The zero-order chi connectivity index (χ0) is 10.4. The molecule has 1 aliphatic rings. The van der Waals surface area contributed by atoms with Gasteiger partial charge in [-0.05, 0) is 19.4 Å². The molecule has 0 saturated carbocycles. The molecule has 1 aliphatic heterocycles. The van der Waals surface area contributed by atoms with Crippen LogP contribution in [0.4, 0.5) is 0 Å². The van der Waals surface area contributed by atoms with Gasteiger partial charge in [0.05, 0.1) is 6.10 Å². The minimum atomic E-state index is -0.0903. The number of nitrogens with zero attached hydrogens (tertiary/aromatic N) is 1. The van der Waals surface area contributed by atoms with E-state index in [2.05, 4.69) is 10.3 Å². The number of methoxy groups -OCH3 is 1. The summed E-state index contributed by atoms with van der Waals surface area (Å²) in [6.45, 7) is 3.01. The molecule has 0 aliphatic carbocycles. The van der Waals surface area contributed by atoms with Gasteiger partial charge in [0, 0.05) is 26.6 Å². The van der Waals surface area contributed by atoms with Crippen LogP contribution in [0.1, 0.15) is 19.3 Å². The summed E-state index contributed by atoms with van der Waals surface area (Å²) in [7, 11) is 1.75. The summed E-state index contributed by atoms with van der Waals surface area (Å²) in [6, 6.07) is 0. The highest BCUT2D eigenvalue weighted by Crippen LogP contribution is 2.12. The number of hydrogen-bond donors (Lipinski definition) is 2. The summed E-state index contributed by atoms with van der Waals surface area (Å²) < 4.78 is 5.25. The standard InChI is InChI=1S/C9H19N3O2/c1-14-8-4-6-12(7-8)5-2-3-9(13)11-10/h8H,2-7,10H2,1H3,(H,11,13). The Labute approximate surface area is 84.5 Å². The fourth-order valence-electron chi connectivity index (χ4n) is 1.73. The first kappa shape index (κ1) is 11.4. The van der Waals surface area contributed by atoms with Gasteiger partial charge in [0.1, 0.15) is 0 Å². The fourth-order valence-corrected chi connectivity index (χ4v) is 1.73. The minimum absolute atomic E-state index is 0.0903. The zero-order valence-electron chi connectivity index (χ0n) is 8.66. The van der Waals surface area contributed by atoms with Crippen LogP contribution in [0, 0.1) is 0 Å². The molecule has 14 heavy (non-hydrogen) atoms. The number of likely N-dealkylation sites (tertiary alicyclic amines) is 1. The second kappa shape index (κ2) is 5.95. The maximum absolute atomic E-state index is 10.8. The van der Waals surface area contributed by atoms with Crippen molar-refractivity contribution in [1.82, 2.24) is 10.3 Å². The quantitative estimate of drug-likeness (QED) is 0.357. The second-order valence-electron chi connectivity index (χ2n) is 3.62. The number of hydrogen-bond acceptors (Lipinski definition) is 4. The van der Waals surface area contributed by atoms with Gasteiger partial charge in [-0.15, -0.1) is 0 Å². The van der Waals surface area contributed by atoms with E-state index in [4.69, 9.17) is 10.6 Å². The van der Waals surface area contributed by atoms with Crippen molar-refractivity contribution in [3.8, 4) is 0 Å². The van der Waals surface area contributed by atoms with E-state index in [1.807, 2.05) is 0 Å². The maximum Gasteiger partial charge on any atom is 0.233 e. The largest absolute Gasteiger partial charge is 0.380 e. The van der Waals surface area contributed by atoms with E-state index in [1.54, 1.807) is 7.11 Å². The molecular weight excluding hydrogens is 182 g/mol. The van der Waals surface area contributed by atoms with Crippen LogP contribution in [0.3, 0.4) is 0 Å². The summed E-state index contributed by atoms with van der Waals surface area (Å²) in [5, 5.41) is 0.